The number of unbranched alkanes of at least 4 members (excludes halogenated alkanes) is 1. The maximum atomic E-state index is 13.3. The Morgan fingerprint density at radius 3 is 2.62 bits per heavy atom. The van der Waals surface area contributed by atoms with Crippen LogP contribution in [0.15, 0.2) is 18.2 Å². The van der Waals surface area contributed by atoms with Crippen LogP contribution in [0.5, 0.6) is 5.75 Å². The third-order valence-corrected chi connectivity index (χ3v) is 3.08. The predicted molar refractivity (Wildman–Crippen MR) is 78.0 cm³/mol. The smallest absolute Gasteiger partial charge is 0.167 e. The topological polar surface area (TPSA) is 45.0 Å². The van der Waals surface area contributed by atoms with Gasteiger partial charge in [0.2, 0.25) is 0 Å². The van der Waals surface area contributed by atoms with Gasteiger partial charge in [-0.2, -0.15) is 5.26 Å². The molecule has 0 aliphatic rings. The third kappa shape index (κ3) is 6.09. The normalized spacial score (nSPS) is 13.8. The molecule has 0 spiro atoms. The Bertz CT molecular complexity index is 500. The van der Waals surface area contributed by atoms with Gasteiger partial charge in [-0.25, -0.2) is 8.78 Å². The quantitative estimate of drug-likeness (QED) is 0.742. The summed E-state index contributed by atoms with van der Waals surface area (Å²) >= 11 is 0. The Hall–Kier alpha value is -1.67. The van der Waals surface area contributed by atoms with Crippen molar-refractivity contribution >= 4 is 0 Å². The largest absolute Gasteiger partial charge is 0.491 e. The number of nitrogens with one attached hydrogen (secondary N) is 1. The fraction of sp³-hybridized carbons (Fsp3) is 0.562. The molecule has 1 unspecified atom stereocenters. The van der Waals surface area contributed by atoms with Crippen LogP contribution in [0.4, 0.5) is 8.78 Å². The van der Waals surface area contributed by atoms with Crippen LogP contribution in [0.2, 0.25) is 0 Å². The molecule has 1 atom stereocenters. The molecule has 0 fully saturated rings. The summed E-state index contributed by atoms with van der Waals surface area (Å²) < 4.78 is 31.3. The average molecular weight is 296 g/mol. The molecule has 3 nitrogen and oxygen atoms in total. The average Bonchev–Trinajstić information content (AvgIpc) is 2.40. The number of hydrogen-bond acceptors (Lipinski definition) is 3. The minimum absolute atomic E-state index is 0.0553. The van der Waals surface area contributed by atoms with Crippen LogP contribution in [0.3, 0.4) is 0 Å². The van der Waals surface area contributed by atoms with Gasteiger partial charge in [-0.1, -0.05) is 0 Å². The molecule has 21 heavy (non-hydrogen) atoms. The van der Waals surface area contributed by atoms with Gasteiger partial charge in [-0.3, -0.25) is 5.32 Å². The molecule has 0 saturated carbocycles. The number of rotatable bonds is 8. The highest BCUT2D eigenvalue weighted by molar-refractivity contribution is 5.24. The van der Waals surface area contributed by atoms with Gasteiger partial charge in [0.15, 0.2) is 11.6 Å². The molecule has 116 valence electrons. The van der Waals surface area contributed by atoms with Crippen LogP contribution in [-0.2, 0) is 0 Å². The van der Waals surface area contributed by atoms with Gasteiger partial charge in [-0.15, -0.1) is 0 Å². The molecule has 5 heteroatoms. The van der Waals surface area contributed by atoms with Crippen LogP contribution in [0, 0.1) is 23.0 Å². The summed E-state index contributed by atoms with van der Waals surface area (Å²) in [6.07, 6.45) is 2.18. The lowest BCUT2D eigenvalue weighted by atomic mass is 9.96. The molecule has 0 radical (unpaired) electrons. The lowest BCUT2D eigenvalue weighted by Gasteiger charge is -2.25. The zero-order valence-corrected chi connectivity index (χ0v) is 12.7. The maximum Gasteiger partial charge on any atom is 0.167 e. The van der Waals surface area contributed by atoms with Crippen molar-refractivity contribution in [2.24, 2.45) is 0 Å². The molecule has 1 N–H and O–H groups in total. The summed E-state index contributed by atoms with van der Waals surface area (Å²) in [4.78, 5) is 0. The van der Waals surface area contributed by atoms with E-state index in [0.29, 0.717) is 19.4 Å². The predicted octanol–water partition coefficient (Wildman–Crippen LogP) is 3.79. The van der Waals surface area contributed by atoms with Crippen molar-refractivity contribution in [2.75, 3.05) is 6.61 Å². The monoisotopic (exact) mass is 296 g/mol. The molecule has 0 amide bonds. The molecule has 1 aromatic rings. The molecule has 1 rings (SSSR count). The Kier molecular flexibility index (Phi) is 6.57. The van der Waals surface area contributed by atoms with Gasteiger partial charge in [0.25, 0.3) is 0 Å². The zero-order chi connectivity index (χ0) is 15.9. The van der Waals surface area contributed by atoms with Gasteiger partial charge in [0.05, 0.1) is 12.7 Å². The van der Waals surface area contributed by atoms with E-state index in [1.165, 1.54) is 6.07 Å². The SMILES string of the molecule is CC(C)NC(C)(C#N)CCCCOc1ccc(F)cc1F. The molecular formula is C16H22F2N2O. The summed E-state index contributed by atoms with van der Waals surface area (Å²) in [6.45, 7) is 6.20. The second-order valence-electron chi connectivity index (χ2n) is 5.62. The van der Waals surface area contributed by atoms with Crippen molar-refractivity contribution in [1.29, 1.82) is 5.26 Å². The van der Waals surface area contributed by atoms with E-state index in [2.05, 4.69) is 11.4 Å². The first-order chi connectivity index (χ1) is 9.86. The molecule has 1 aromatic carbocycles. The highest BCUT2D eigenvalue weighted by Gasteiger charge is 2.23. The summed E-state index contributed by atoms with van der Waals surface area (Å²) in [5.41, 5.74) is -0.560. The Labute approximate surface area is 124 Å². The standard InChI is InChI=1S/C16H22F2N2O/c1-12(2)20-16(3,11-19)8-4-5-9-21-15-7-6-13(17)10-14(15)18/h6-7,10,12,20H,4-5,8-9H2,1-3H3. The minimum Gasteiger partial charge on any atom is -0.491 e. The van der Waals surface area contributed by atoms with Crippen molar-refractivity contribution in [3.8, 4) is 11.8 Å². The van der Waals surface area contributed by atoms with Gasteiger partial charge >= 0.3 is 0 Å². The van der Waals surface area contributed by atoms with E-state index >= 15 is 0 Å². The Balaban J connectivity index is 2.33. The first-order valence-corrected chi connectivity index (χ1v) is 7.13. The van der Waals surface area contributed by atoms with E-state index < -0.39 is 17.2 Å². The second-order valence-corrected chi connectivity index (χ2v) is 5.62. The number of halogens is 2. The second kappa shape index (κ2) is 7.94. The highest BCUT2D eigenvalue weighted by Crippen LogP contribution is 2.19. The number of nitrogens with zero attached hydrogens (tertiary/aromatic N) is 1. The Morgan fingerprint density at radius 1 is 1.33 bits per heavy atom. The molecule has 0 aliphatic carbocycles. The highest BCUT2D eigenvalue weighted by atomic mass is 19.1. The van der Waals surface area contributed by atoms with Crippen molar-refractivity contribution < 1.29 is 13.5 Å². The van der Waals surface area contributed by atoms with Crippen molar-refractivity contribution in [3.63, 3.8) is 0 Å². The van der Waals surface area contributed by atoms with Gasteiger partial charge < -0.3 is 4.74 Å². The third-order valence-electron chi connectivity index (χ3n) is 3.08. The zero-order valence-electron chi connectivity index (χ0n) is 12.7. The van der Waals surface area contributed by atoms with Crippen LogP contribution in [0.1, 0.15) is 40.0 Å². The van der Waals surface area contributed by atoms with E-state index in [-0.39, 0.29) is 11.8 Å². The van der Waals surface area contributed by atoms with Crippen LogP contribution in [0.25, 0.3) is 0 Å². The van der Waals surface area contributed by atoms with E-state index in [1.807, 2.05) is 20.8 Å². The first kappa shape index (κ1) is 17.4. The summed E-state index contributed by atoms with van der Waals surface area (Å²) in [5, 5.41) is 12.4. The number of benzene rings is 1. The molecule has 0 saturated heterocycles. The summed E-state index contributed by atoms with van der Waals surface area (Å²) in [5.74, 6) is -1.26. The van der Waals surface area contributed by atoms with Crippen molar-refractivity contribution in [1.82, 2.24) is 5.32 Å². The van der Waals surface area contributed by atoms with Gasteiger partial charge in [-0.05, 0) is 52.2 Å². The molecular weight excluding hydrogens is 274 g/mol. The van der Waals surface area contributed by atoms with E-state index in [0.717, 1.165) is 18.6 Å². The lowest BCUT2D eigenvalue weighted by Crippen LogP contribution is -2.44. The van der Waals surface area contributed by atoms with Crippen molar-refractivity contribution in [2.45, 2.75) is 51.6 Å². The van der Waals surface area contributed by atoms with E-state index in [4.69, 9.17) is 4.74 Å². The van der Waals surface area contributed by atoms with Crippen LogP contribution in [-0.4, -0.2) is 18.2 Å². The van der Waals surface area contributed by atoms with E-state index in [9.17, 15) is 14.0 Å². The number of ether oxygens (including phenoxy) is 1. The Morgan fingerprint density at radius 2 is 2.05 bits per heavy atom. The molecule has 0 aliphatic heterocycles. The van der Waals surface area contributed by atoms with Crippen molar-refractivity contribution in [3.05, 3.63) is 29.8 Å². The maximum absolute atomic E-state index is 13.3. The summed E-state index contributed by atoms with van der Waals surface area (Å²) in [7, 11) is 0. The fourth-order valence-corrected chi connectivity index (χ4v) is 2.15. The molecule has 0 bridgehead atoms. The lowest BCUT2D eigenvalue weighted by molar-refractivity contribution is 0.280. The minimum atomic E-state index is -0.696. The number of nitriles is 1. The van der Waals surface area contributed by atoms with Gasteiger partial charge in [0.1, 0.15) is 11.4 Å². The fourth-order valence-electron chi connectivity index (χ4n) is 2.15. The first-order valence-electron chi connectivity index (χ1n) is 7.13. The molecule has 0 heterocycles. The van der Waals surface area contributed by atoms with Crippen LogP contribution < -0.4 is 10.1 Å². The van der Waals surface area contributed by atoms with Crippen LogP contribution >= 0.6 is 0 Å². The summed E-state index contributed by atoms with van der Waals surface area (Å²) in [6, 6.07) is 5.76. The van der Waals surface area contributed by atoms with E-state index in [1.54, 1.807) is 0 Å². The van der Waals surface area contributed by atoms with Gasteiger partial charge in [0, 0.05) is 12.1 Å². The number of hydrogen-bond donors (Lipinski definition) is 1. The molecule has 0 aromatic heterocycles.